The number of ether oxygens (including phenoxy) is 1. The van der Waals surface area contributed by atoms with Crippen LogP contribution in [0.25, 0.3) is 0 Å². The molecule has 0 saturated carbocycles. The number of aromatic nitrogens is 1. The number of hydrogen-bond donors (Lipinski definition) is 0. The summed E-state index contributed by atoms with van der Waals surface area (Å²) in [6.07, 6.45) is 9.19. The highest BCUT2D eigenvalue weighted by Gasteiger charge is 2.17. The maximum atomic E-state index is 6.13. The zero-order valence-electron chi connectivity index (χ0n) is 14.7. The molecule has 1 aromatic heterocycles. The van der Waals surface area contributed by atoms with Crippen molar-refractivity contribution in [1.29, 1.82) is 0 Å². The van der Waals surface area contributed by atoms with Crippen molar-refractivity contribution in [2.75, 3.05) is 6.61 Å². The molecule has 0 radical (unpaired) electrons. The summed E-state index contributed by atoms with van der Waals surface area (Å²) in [4.78, 5) is 4.83. The largest absolute Gasteiger partial charge is 0.491 e. The second-order valence-corrected chi connectivity index (χ2v) is 5.84. The highest BCUT2D eigenvalue weighted by molar-refractivity contribution is 5.45. The number of nitrogens with zero attached hydrogens (tertiary/aromatic N) is 1. The van der Waals surface area contributed by atoms with Gasteiger partial charge in [0.25, 0.3) is 0 Å². The molecule has 2 nitrogen and oxygen atoms in total. The average Bonchev–Trinajstić information content (AvgIpc) is 2.49. The molecule has 1 aromatic rings. The van der Waals surface area contributed by atoms with Gasteiger partial charge in [-0.25, -0.2) is 0 Å². The van der Waals surface area contributed by atoms with Gasteiger partial charge in [-0.15, -0.1) is 0 Å². The predicted octanol–water partition coefficient (Wildman–Crippen LogP) is 5.43. The first-order valence-corrected chi connectivity index (χ1v) is 8.83. The van der Waals surface area contributed by atoms with Gasteiger partial charge in [-0.3, -0.25) is 4.98 Å². The van der Waals surface area contributed by atoms with Crippen LogP contribution in [0.5, 0.6) is 5.75 Å². The summed E-state index contributed by atoms with van der Waals surface area (Å²) < 4.78 is 6.13. The molecule has 0 aromatic carbocycles. The van der Waals surface area contributed by atoms with Crippen LogP contribution in [0.3, 0.4) is 0 Å². The van der Waals surface area contributed by atoms with Crippen LogP contribution < -0.4 is 4.74 Å². The molecule has 0 aliphatic heterocycles. The molecule has 0 amide bonds. The van der Waals surface area contributed by atoms with E-state index in [1.165, 1.54) is 42.5 Å². The lowest BCUT2D eigenvalue weighted by molar-refractivity contribution is 0.301. The van der Waals surface area contributed by atoms with Crippen molar-refractivity contribution in [3.63, 3.8) is 0 Å². The standard InChI is InChI=1S/C19H33NO/c1-6-10-13-17-16(12-8-3)18(9-4)20-15(5)19(17)21-14-11-7-2/h6-14H2,1-5H3. The molecule has 0 bridgehead atoms. The maximum Gasteiger partial charge on any atom is 0.143 e. The summed E-state index contributed by atoms with van der Waals surface area (Å²) in [6, 6.07) is 0. The zero-order chi connectivity index (χ0) is 15.7. The van der Waals surface area contributed by atoms with E-state index >= 15 is 0 Å². The molecule has 21 heavy (non-hydrogen) atoms. The third-order valence-corrected chi connectivity index (χ3v) is 3.98. The second-order valence-electron chi connectivity index (χ2n) is 5.84. The van der Waals surface area contributed by atoms with E-state index in [2.05, 4.69) is 34.6 Å². The van der Waals surface area contributed by atoms with Gasteiger partial charge in [0, 0.05) is 11.3 Å². The van der Waals surface area contributed by atoms with Crippen LogP contribution in [0.1, 0.15) is 82.3 Å². The lowest BCUT2D eigenvalue weighted by Crippen LogP contribution is -2.10. The Morgan fingerprint density at radius 1 is 0.857 bits per heavy atom. The van der Waals surface area contributed by atoms with Gasteiger partial charge in [0.15, 0.2) is 0 Å². The van der Waals surface area contributed by atoms with Gasteiger partial charge in [-0.2, -0.15) is 0 Å². The topological polar surface area (TPSA) is 22.1 Å². The Kier molecular flexibility index (Phi) is 8.41. The fraction of sp³-hybridized carbons (Fsp3) is 0.737. The van der Waals surface area contributed by atoms with Crippen LogP contribution in [0.15, 0.2) is 0 Å². The lowest BCUT2D eigenvalue weighted by atomic mass is 9.94. The minimum atomic E-state index is 0.815. The number of unbranched alkanes of at least 4 members (excludes halogenated alkanes) is 2. The number of hydrogen-bond acceptors (Lipinski definition) is 2. The Balaban J connectivity index is 3.20. The molecule has 0 unspecified atom stereocenters. The van der Waals surface area contributed by atoms with Crippen LogP contribution in [0.2, 0.25) is 0 Å². The van der Waals surface area contributed by atoms with Gasteiger partial charge in [0.1, 0.15) is 5.75 Å². The van der Waals surface area contributed by atoms with E-state index in [9.17, 15) is 0 Å². The molecule has 0 fully saturated rings. The van der Waals surface area contributed by atoms with E-state index in [4.69, 9.17) is 9.72 Å². The number of aryl methyl sites for hydroxylation is 2. The first-order valence-electron chi connectivity index (χ1n) is 8.83. The van der Waals surface area contributed by atoms with Crippen molar-refractivity contribution >= 4 is 0 Å². The van der Waals surface area contributed by atoms with Crippen LogP contribution >= 0.6 is 0 Å². The fourth-order valence-corrected chi connectivity index (χ4v) is 2.82. The second kappa shape index (κ2) is 9.81. The average molecular weight is 291 g/mol. The Morgan fingerprint density at radius 2 is 1.57 bits per heavy atom. The SMILES string of the molecule is CCCCOc1c(C)nc(CC)c(CCC)c1CCCC. The van der Waals surface area contributed by atoms with Crippen LogP contribution in [0, 0.1) is 6.92 Å². The van der Waals surface area contributed by atoms with Crippen LogP contribution in [-0.2, 0) is 19.3 Å². The third-order valence-electron chi connectivity index (χ3n) is 3.98. The summed E-state index contributed by atoms with van der Waals surface area (Å²) in [6.45, 7) is 11.8. The van der Waals surface area contributed by atoms with Crippen LogP contribution in [0.4, 0.5) is 0 Å². The van der Waals surface area contributed by atoms with E-state index in [0.29, 0.717) is 0 Å². The minimum absolute atomic E-state index is 0.815. The first kappa shape index (κ1) is 18.0. The first-order chi connectivity index (χ1) is 10.2. The van der Waals surface area contributed by atoms with E-state index in [1.807, 2.05) is 0 Å². The van der Waals surface area contributed by atoms with Crippen molar-refractivity contribution in [3.8, 4) is 5.75 Å². The molecule has 0 atom stereocenters. The van der Waals surface area contributed by atoms with Gasteiger partial charge in [-0.05, 0) is 44.6 Å². The number of pyridine rings is 1. The molecule has 0 aliphatic carbocycles. The van der Waals surface area contributed by atoms with Crippen molar-refractivity contribution in [2.45, 2.75) is 86.0 Å². The summed E-state index contributed by atoms with van der Waals surface area (Å²) in [5.74, 6) is 1.08. The Morgan fingerprint density at radius 3 is 2.14 bits per heavy atom. The molecule has 1 heterocycles. The molecule has 0 aliphatic rings. The van der Waals surface area contributed by atoms with Gasteiger partial charge in [0.05, 0.1) is 12.3 Å². The molecule has 0 spiro atoms. The Hall–Kier alpha value is -1.05. The van der Waals surface area contributed by atoms with E-state index < -0.39 is 0 Å². The van der Waals surface area contributed by atoms with Crippen molar-refractivity contribution < 1.29 is 4.74 Å². The molecule has 1 rings (SSSR count). The zero-order valence-corrected chi connectivity index (χ0v) is 14.7. The molecule has 0 N–H and O–H groups in total. The maximum absolute atomic E-state index is 6.13. The van der Waals surface area contributed by atoms with Crippen molar-refractivity contribution in [2.24, 2.45) is 0 Å². The van der Waals surface area contributed by atoms with Gasteiger partial charge < -0.3 is 4.74 Å². The molecule has 0 saturated heterocycles. The Labute approximate surface area is 131 Å². The fourth-order valence-electron chi connectivity index (χ4n) is 2.82. The quantitative estimate of drug-likeness (QED) is 0.536. The molecular weight excluding hydrogens is 258 g/mol. The van der Waals surface area contributed by atoms with Crippen molar-refractivity contribution in [3.05, 3.63) is 22.5 Å². The molecule has 120 valence electrons. The monoisotopic (exact) mass is 291 g/mol. The summed E-state index contributed by atoms with van der Waals surface area (Å²) in [7, 11) is 0. The van der Waals surface area contributed by atoms with E-state index in [1.54, 1.807) is 0 Å². The smallest absolute Gasteiger partial charge is 0.143 e. The minimum Gasteiger partial charge on any atom is -0.491 e. The lowest BCUT2D eigenvalue weighted by Gasteiger charge is -2.20. The highest BCUT2D eigenvalue weighted by Crippen LogP contribution is 2.31. The van der Waals surface area contributed by atoms with Gasteiger partial charge in [-0.1, -0.05) is 47.0 Å². The van der Waals surface area contributed by atoms with Crippen LogP contribution in [-0.4, -0.2) is 11.6 Å². The molecule has 2 heteroatoms. The summed E-state index contributed by atoms with van der Waals surface area (Å²) >= 11 is 0. The third kappa shape index (κ3) is 5.01. The highest BCUT2D eigenvalue weighted by atomic mass is 16.5. The summed E-state index contributed by atoms with van der Waals surface area (Å²) in [5, 5.41) is 0. The predicted molar refractivity (Wildman–Crippen MR) is 91.4 cm³/mol. The number of rotatable bonds is 10. The van der Waals surface area contributed by atoms with E-state index in [-0.39, 0.29) is 0 Å². The van der Waals surface area contributed by atoms with E-state index in [0.717, 1.165) is 43.7 Å². The Bertz CT molecular complexity index is 426. The molecular formula is C19H33NO. The summed E-state index contributed by atoms with van der Waals surface area (Å²) in [5.41, 5.74) is 5.27. The normalized spacial score (nSPS) is 10.9. The van der Waals surface area contributed by atoms with Gasteiger partial charge >= 0.3 is 0 Å². The van der Waals surface area contributed by atoms with Crippen molar-refractivity contribution in [1.82, 2.24) is 4.98 Å². The van der Waals surface area contributed by atoms with Gasteiger partial charge in [0.2, 0.25) is 0 Å².